The van der Waals surface area contributed by atoms with Crippen molar-refractivity contribution in [3.8, 4) is 23.0 Å². The average Bonchev–Trinajstić information content (AvgIpc) is 3.25. The first-order valence-corrected chi connectivity index (χ1v) is 13.0. The molecular formula is C30H38N4O3. The molecule has 0 bridgehead atoms. The Morgan fingerprint density at radius 2 is 1.81 bits per heavy atom. The molecule has 196 valence electrons. The van der Waals surface area contributed by atoms with Crippen molar-refractivity contribution in [2.75, 3.05) is 19.6 Å². The molecule has 7 nitrogen and oxygen atoms in total. The van der Waals surface area contributed by atoms with E-state index in [-0.39, 0.29) is 18.6 Å². The maximum Gasteiger partial charge on any atom is 0.231 e. The Hall–Kier alpha value is -3.45. The molecule has 2 heterocycles. The van der Waals surface area contributed by atoms with Crippen molar-refractivity contribution in [1.29, 1.82) is 0 Å². The fourth-order valence-electron chi connectivity index (χ4n) is 4.81. The molecule has 0 unspecified atom stereocenters. The molecule has 0 spiro atoms. The molecule has 1 saturated heterocycles. The van der Waals surface area contributed by atoms with Crippen LogP contribution >= 0.6 is 0 Å². The number of ether oxygens (including phenoxy) is 2. The number of rotatable bonds is 9. The number of aryl methyl sites for hydroxylation is 4. The van der Waals surface area contributed by atoms with Gasteiger partial charge in [-0.3, -0.25) is 9.69 Å². The largest absolute Gasteiger partial charge is 0.488 e. The number of carbonyl (C=O) groups excluding carboxylic acids is 1. The summed E-state index contributed by atoms with van der Waals surface area (Å²) >= 11 is 0. The number of aromatic nitrogens is 2. The van der Waals surface area contributed by atoms with E-state index in [0.717, 1.165) is 52.2 Å². The van der Waals surface area contributed by atoms with Crippen LogP contribution in [0.15, 0.2) is 36.4 Å². The number of nitrogens with two attached hydrogens (primary N) is 1. The molecule has 1 fully saturated rings. The second-order valence-corrected chi connectivity index (χ2v) is 10.4. The van der Waals surface area contributed by atoms with Crippen LogP contribution < -0.4 is 15.2 Å². The number of benzene rings is 2. The topological polar surface area (TPSA) is 90.6 Å². The van der Waals surface area contributed by atoms with Crippen molar-refractivity contribution >= 4 is 5.91 Å². The number of likely N-dealkylation sites (tertiary alicyclic amines) is 1. The van der Waals surface area contributed by atoms with Crippen LogP contribution in [0.1, 0.15) is 59.7 Å². The number of amides is 1. The van der Waals surface area contributed by atoms with Gasteiger partial charge in [-0.05, 0) is 68.4 Å². The number of nitrogens with zero attached hydrogens (tertiary/aromatic N) is 3. The van der Waals surface area contributed by atoms with Crippen molar-refractivity contribution in [2.24, 2.45) is 5.73 Å². The third-order valence-corrected chi connectivity index (χ3v) is 7.02. The minimum absolute atomic E-state index is 0.0933. The molecule has 37 heavy (non-hydrogen) atoms. The zero-order valence-corrected chi connectivity index (χ0v) is 22.8. The van der Waals surface area contributed by atoms with E-state index < -0.39 is 0 Å². The highest BCUT2D eigenvalue weighted by atomic mass is 16.5. The normalized spacial score (nSPS) is 15.8. The van der Waals surface area contributed by atoms with Gasteiger partial charge in [0.15, 0.2) is 5.82 Å². The average molecular weight is 503 g/mol. The Morgan fingerprint density at radius 1 is 1.08 bits per heavy atom. The number of hydrogen-bond acceptors (Lipinski definition) is 6. The summed E-state index contributed by atoms with van der Waals surface area (Å²) in [6.45, 7) is 14.4. The van der Waals surface area contributed by atoms with Crippen LogP contribution in [0, 0.1) is 27.7 Å². The molecule has 7 heteroatoms. The van der Waals surface area contributed by atoms with Gasteiger partial charge in [-0.15, -0.1) is 0 Å². The third kappa shape index (κ3) is 6.28. The molecule has 1 amide bonds. The van der Waals surface area contributed by atoms with Gasteiger partial charge >= 0.3 is 0 Å². The monoisotopic (exact) mass is 502 g/mol. The Bertz CT molecular complexity index is 1270. The lowest BCUT2D eigenvalue weighted by Crippen LogP contribution is -2.33. The number of carbonyl (C=O) groups is 1. The molecule has 1 aromatic heterocycles. The molecule has 3 aromatic rings. The van der Waals surface area contributed by atoms with E-state index in [1.165, 1.54) is 5.56 Å². The van der Waals surface area contributed by atoms with Crippen LogP contribution in [0.25, 0.3) is 11.4 Å². The second-order valence-electron chi connectivity index (χ2n) is 10.4. The lowest BCUT2D eigenvalue weighted by molar-refractivity contribution is -0.118. The molecular weight excluding hydrogens is 464 g/mol. The minimum atomic E-state index is -0.330. The standard InChI is InChI=1S/C30H38N4O3/c1-18(2)23-11-10-19(3)26(14-23)36-17-25-22(6)32-29(28-20(4)8-7-9-21(28)5)33-30(25)37-24-12-13-34(15-24)16-27(31)35/h7-11,14,18,24H,12-13,15-17H2,1-6H3,(H2,31,35)/t24-/m0/s1. The first-order valence-electron chi connectivity index (χ1n) is 13.0. The molecule has 0 radical (unpaired) electrons. The van der Waals surface area contributed by atoms with E-state index >= 15 is 0 Å². The fraction of sp³-hybridized carbons (Fsp3) is 0.433. The smallest absolute Gasteiger partial charge is 0.231 e. The Kier molecular flexibility index (Phi) is 8.13. The van der Waals surface area contributed by atoms with Crippen molar-refractivity contribution < 1.29 is 14.3 Å². The first kappa shape index (κ1) is 26.6. The van der Waals surface area contributed by atoms with Gasteiger partial charge in [0.2, 0.25) is 11.8 Å². The summed E-state index contributed by atoms with van der Waals surface area (Å²) in [4.78, 5) is 23.2. The van der Waals surface area contributed by atoms with E-state index in [4.69, 9.17) is 25.2 Å². The molecule has 2 N–H and O–H groups in total. The summed E-state index contributed by atoms with van der Waals surface area (Å²) in [7, 11) is 0. The highest BCUT2D eigenvalue weighted by Gasteiger charge is 2.27. The Balaban J connectivity index is 1.67. The van der Waals surface area contributed by atoms with E-state index in [2.05, 4.69) is 65.0 Å². The Labute approximate surface area is 220 Å². The van der Waals surface area contributed by atoms with E-state index in [0.29, 0.717) is 30.8 Å². The van der Waals surface area contributed by atoms with E-state index in [1.54, 1.807) is 0 Å². The zero-order chi connectivity index (χ0) is 26.7. The molecule has 0 saturated carbocycles. The highest BCUT2D eigenvalue weighted by molar-refractivity contribution is 5.76. The number of hydrogen-bond donors (Lipinski definition) is 1. The van der Waals surface area contributed by atoms with Gasteiger partial charge in [-0.2, -0.15) is 4.98 Å². The van der Waals surface area contributed by atoms with Crippen LogP contribution in [0.4, 0.5) is 0 Å². The quantitative estimate of drug-likeness (QED) is 0.442. The van der Waals surface area contributed by atoms with Crippen LogP contribution in [0.3, 0.4) is 0 Å². The summed E-state index contributed by atoms with van der Waals surface area (Å²) < 4.78 is 12.8. The minimum Gasteiger partial charge on any atom is -0.488 e. The van der Waals surface area contributed by atoms with E-state index in [9.17, 15) is 4.79 Å². The molecule has 1 aliphatic heterocycles. The molecule has 0 aliphatic carbocycles. The first-order chi connectivity index (χ1) is 17.6. The maximum atomic E-state index is 11.4. The predicted octanol–water partition coefficient (Wildman–Crippen LogP) is 5.02. The van der Waals surface area contributed by atoms with Gasteiger partial charge < -0.3 is 15.2 Å². The van der Waals surface area contributed by atoms with Crippen LogP contribution in [0.2, 0.25) is 0 Å². The molecule has 2 aromatic carbocycles. The maximum absolute atomic E-state index is 11.4. The van der Waals surface area contributed by atoms with Crippen LogP contribution in [-0.4, -0.2) is 46.5 Å². The summed E-state index contributed by atoms with van der Waals surface area (Å²) in [5, 5.41) is 0. The summed E-state index contributed by atoms with van der Waals surface area (Å²) in [5.41, 5.74) is 12.6. The summed E-state index contributed by atoms with van der Waals surface area (Å²) in [5.74, 6) is 2.12. The van der Waals surface area contributed by atoms with Crippen molar-refractivity contribution in [3.05, 3.63) is 69.9 Å². The third-order valence-electron chi connectivity index (χ3n) is 7.02. The number of primary amides is 1. The zero-order valence-electron chi connectivity index (χ0n) is 22.8. The van der Waals surface area contributed by atoms with Crippen LogP contribution in [-0.2, 0) is 11.4 Å². The van der Waals surface area contributed by atoms with Crippen LogP contribution in [0.5, 0.6) is 11.6 Å². The van der Waals surface area contributed by atoms with E-state index in [1.807, 2.05) is 17.9 Å². The van der Waals surface area contributed by atoms with Gasteiger partial charge in [-0.25, -0.2) is 4.98 Å². The SMILES string of the molecule is Cc1ccc(C(C)C)cc1OCc1c(C)nc(-c2c(C)cccc2C)nc1O[C@H]1CCN(CC(N)=O)C1. The lowest BCUT2D eigenvalue weighted by Gasteiger charge is -2.20. The molecule has 4 rings (SSSR count). The predicted molar refractivity (Wildman–Crippen MR) is 146 cm³/mol. The van der Waals surface area contributed by atoms with Gasteiger partial charge in [0, 0.05) is 18.7 Å². The molecule has 1 aliphatic rings. The lowest BCUT2D eigenvalue weighted by atomic mass is 10.0. The fourth-order valence-corrected chi connectivity index (χ4v) is 4.81. The molecule has 1 atom stereocenters. The van der Waals surface area contributed by atoms with Crippen molar-refractivity contribution in [2.45, 2.75) is 66.6 Å². The summed E-state index contributed by atoms with van der Waals surface area (Å²) in [6, 6.07) is 12.5. The summed E-state index contributed by atoms with van der Waals surface area (Å²) in [6.07, 6.45) is 0.703. The Morgan fingerprint density at radius 3 is 2.49 bits per heavy atom. The van der Waals surface area contributed by atoms with Crippen molar-refractivity contribution in [1.82, 2.24) is 14.9 Å². The second kappa shape index (κ2) is 11.3. The van der Waals surface area contributed by atoms with Crippen molar-refractivity contribution in [3.63, 3.8) is 0 Å². The van der Waals surface area contributed by atoms with Gasteiger partial charge in [-0.1, -0.05) is 44.2 Å². The van der Waals surface area contributed by atoms with Gasteiger partial charge in [0.05, 0.1) is 17.8 Å². The highest BCUT2D eigenvalue weighted by Crippen LogP contribution is 2.32. The van der Waals surface area contributed by atoms with Gasteiger partial charge in [0.25, 0.3) is 0 Å². The van der Waals surface area contributed by atoms with Gasteiger partial charge in [0.1, 0.15) is 18.5 Å².